The predicted octanol–water partition coefficient (Wildman–Crippen LogP) is 1.70. The molecule has 0 aromatic carbocycles. The van der Waals surface area contributed by atoms with Gasteiger partial charge in [-0.25, -0.2) is 5.43 Å². The topological polar surface area (TPSA) is 41.1 Å². The quantitative estimate of drug-likeness (QED) is 0.533. The SMILES string of the molecule is CC1CCC(C(C)C)C(NNC=O)C1. The molecule has 0 radical (unpaired) electrons. The third kappa shape index (κ3) is 2.98. The zero-order valence-corrected chi connectivity index (χ0v) is 9.42. The molecule has 0 aromatic rings. The molecule has 3 unspecified atom stereocenters. The lowest BCUT2D eigenvalue weighted by Crippen LogP contribution is -2.48. The van der Waals surface area contributed by atoms with Crippen molar-refractivity contribution in [2.24, 2.45) is 17.8 Å². The van der Waals surface area contributed by atoms with Gasteiger partial charge < -0.3 is 0 Å². The number of carbonyl (C=O) groups is 1. The van der Waals surface area contributed by atoms with Crippen LogP contribution in [0.2, 0.25) is 0 Å². The standard InChI is InChI=1S/C11H22N2O/c1-8(2)10-5-4-9(3)6-11(10)13-12-7-14/h7-11,13H,4-6H2,1-3H3,(H,12,14). The van der Waals surface area contributed by atoms with Crippen molar-refractivity contribution in [2.45, 2.75) is 46.1 Å². The van der Waals surface area contributed by atoms with E-state index >= 15 is 0 Å². The van der Waals surface area contributed by atoms with Crippen LogP contribution >= 0.6 is 0 Å². The molecule has 0 aromatic heterocycles. The molecule has 2 N–H and O–H groups in total. The number of carbonyl (C=O) groups excluding carboxylic acids is 1. The molecule has 3 nitrogen and oxygen atoms in total. The van der Waals surface area contributed by atoms with Crippen LogP contribution in [0, 0.1) is 17.8 Å². The second-order valence-corrected chi connectivity index (χ2v) is 4.84. The zero-order valence-electron chi connectivity index (χ0n) is 9.42. The maximum Gasteiger partial charge on any atom is 0.221 e. The number of hydrogen-bond donors (Lipinski definition) is 2. The molecule has 0 bridgehead atoms. The lowest BCUT2D eigenvalue weighted by atomic mass is 9.74. The molecule has 3 atom stereocenters. The van der Waals surface area contributed by atoms with Crippen molar-refractivity contribution in [1.29, 1.82) is 0 Å². The van der Waals surface area contributed by atoms with Crippen LogP contribution in [0.5, 0.6) is 0 Å². The molecule has 82 valence electrons. The first-order valence-electron chi connectivity index (χ1n) is 5.59. The summed E-state index contributed by atoms with van der Waals surface area (Å²) >= 11 is 0. The number of hydrogen-bond acceptors (Lipinski definition) is 2. The average Bonchev–Trinajstić information content (AvgIpc) is 2.14. The van der Waals surface area contributed by atoms with Gasteiger partial charge in [-0.15, -0.1) is 0 Å². The largest absolute Gasteiger partial charge is 0.294 e. The lowest BCUT2D eigenvalue weighted by molar-refractivity contribution is -0.110. The lowest BCUT2D eigenvalue weighted by Gasteiger charge is -2.37. The van der Waals surface area contributed by atoms with Crippen LogP contribution in [0.15, 0.2) is 0 Å². The van der Waals surface area contributed by atoms with Gasteiger partial charge in [-0.05, 0) is 30.6 Å². The molecule has 1 aliphatic carbocycles. The fourth-order valence-corrected chi connectivity index (χ4v) is 2.51. The van der Waals surface area contributed by atoms with E-state index in [2.05, 4.69) is 31.6 Å². The van der Waals surface area contributed by atoms with Gasteiger partial charge >= 0.3 is 0 Å². The normalized spacial score (nSPS) is 33.0. The van der Waals surface area contributed by atoms with Gasteiger partial charge in [0.15, 0.2) is 0 Å². The average molecular weight is 198 g/mol. The second kappa shape index (κ2) is 5.35. The van der Waals surface area contributed by atoms with E-state index in [-0.39, 0.29) is 0 Å². The zero-order chi connectivity index (χ0) is 10.6. The molecule has 14 heavy (non-hydrogen) atoms. The Balaban J connectivity index is 2.49. The van der Waals surface area contributed by atoms with Gasteiger partial charge in [0.1, 0.15) is 0 Å². The second-order valence-electron chi connectivity index (χ2n) is 4.84. The van der Waals surface area contributed by atoms with Gasteiger partial charge in [0.2, 0.25) is 6.41 Å². The summed E-state index contributed by atoms with van der Waals surface area (Å²) in [6.07, 6.45) is 4.49. The highest BCUT2D eigenvalue weighted by molar-refractivity contribution is 5.44. The van der Waals surface area contributed by atoms with Gasteiger partial charge in [0.05, 0.1) is 0 Å². The summed E-state index contributed by atoms with van der Waals surface area (Å²) in [7, 11) is 0. The summed E-state index contributed by atoms with van der Waals surface area (Å²) in [4.78, 5) is 10.2. The van der Waals surface area contributed by atoms with Crippen LogP contribution < -0.4 is 10.9 Å². The van der Waals surface area contributed by atoms with Crippen LogP contribution in [0.3, 0.4) is 0 Å². The Morgan fingerprint density at radius 3 is 2.64 bits per heavy atom. The van der Waals surface area contributed by atoms with Crippen molar-refractivity contribution in [3.63, 3.8) is 0 Å². The first kappa shape index (κ1) is 11.5. The molecule has 1 rings (SSSR count). The Labute approximate surface area is 86.6 Å². The number of rotatable bonds is 4. The minimum atomic E-state index is 0.448. The van der Waals surface area contributed by atoms with Gasteiger partial charge in [0, 0.05) is 6.04 Å². The Kier molecular flexibility index (Phi) is 4.39. The van der Waals surface area contributed by atoms with Crippen LogP contribution in [-0.2, 0) is 4.79 Å². The summed E-state index contributed by atoms with van der Waals surface area (Å²) in [6, 6.07) is 0.448. The first-order valence-corrected chi connectivity index (χ1v) is 5.59. The molecule has 1 amide bonds. The van der Waals surface area contributed by atoms with Crippen molar-refractivity contribution in [3.8, 4) is 0 Å². The van der Waals surface area contributed by atoms with Gasteiger partial charge in [-0.2, -0.15) is 0 Å². The van der Waals surface area contributed by atoms with E-state index in [0.717, 1.165) is 12.3 Å². The molecule has 1 aliphatic rings. The number of amides is 1. The van der Waals surface area contributed by atoms with E-state index in [1.807, 2.05) is 0 Å². The Morgan fingerprint density at radius 2 is 2.07 bits per heavy atom. The third-order valence-electron chi connectivity index (χ3n) is 3.35. The molecular formula is C11H22N2O. The van der Waals surface area contributed by atoms with Crippen molar-refractivity contribution in [1.82, 2.24) is 10.9 Å². The van der Waals surface area contributed by atoms with Gasteiger partial charge in [-0.1, -0.05) is 27.2 Å². The van der Waals surface area contributed by atoms with Crippen LogP contribution in [0.25, 0.3) is 0 Å². The maximum absolute atomic E-state index is 10.2. The summed E-state index contributed by atoms with van der Waals surface area (Å²) in [5.74, 6) is 2.16. The van der Waals surface area contributed by atoms with E-state index in [4.69, 9.17) is 0 Å². The van der Waals surface area contributed by atoms with E-state index < -0.39 is 0 Å². The first-order chi connectivity index (χ1) is 6.65. The van der Waals surface area contributed by atoms with Crippen molar-refractivity contribution < 1.29 is 4.79 Å². The highest BCUT2D eigenvalue weighted by Crippen LogP contribution is 2.32. The van der Waals surface area contributed by atoms with Crippen LogP contribution in [-0.4, -0.2) is 12.5 Å². The molecule has 1 saturated carbocycles. The van der Waals surface area contributed by atoms with Crippen LogP contribution in [0.1, 0.15) is 40.0 Å². The minimum absolute atomic E-state index is 0.448. The summed E-state index contributed by atoms with van der Waals surface area (Å²) in [5, 5.41) is 0. The molecule has 3 heteroatoms. The maximum atomic E-state index is 10.2. The molecule has 0 spiro atoms. The van der Waals surface area contributed by atoms with Crippen molar-refractivity contribution >= 4 is 6.41 Å². The van der Waals surface area contributed by atoms with Crippen molar-refractivity contribution in [3.05, 3.63) is 0 Å². The molecule has 1 fully saturated rings. The monoisotopic (exact) mass is 198 g/mol. The summed E-state index contributed by atoms with van der Waals surface area (Å²) < 4.78 is 0. The Hall–Kier alpha value is -0.570. The fraction of sp³-hybridized carbons (Fsp3) is 0.909. The third-order valence-corrected chi connectivity index (χ3v) is 3.35. The van der Waals surface area contributed by atoms with Crippen LogP contribution in [0.4, 0.5) is 0 Å². The number of hydrazine groups is 1. The molecule has 0 heterocycles. The van der Waals surface area contributed by atoms with E-state index in [0.29, 0.717) is 17.9 Å². The summed E-state index contributed by atoms with van der Waals surface area (Å²) in [6.45, 7) is 6.80. The fourth-order valence-electron chi connectivity index (χ4n) is 2.51. The van der Waals surface area contributed by atoms with E-state index in [1.165, 1.54) is 19.3 Å². The Morgan fingerprint density at radius 1 is 1.36 bits per heavy atom. The molecule has 0 aliphatic heterocycles. The highest BCUT2D eigenvalue weighted by atomic mass is 16.1. The van der Waals surface area contributed by atoms with E-state index in [9.17, 15) is 4.79 Å². The van der Waals surface area contributed by atoms with E-state index in [1.54, 1.807) is 0 Å². The predicted molar refractivity (Wildman–Crippen MR) is 57.5 cm³/mol. The Bertz CT molecular complexity index is 182. The van der Waals surface area contributed by atoms with Gasteiger partial charge in [-0.3, -0.25) is 10.2 Å². The molecular weight excluding hydrogens is 176 g/mol. The van der Waals surface area contributed by atoms with Crippen molar-refractivity contribution in [2.75, 3.05) is 0 Å². The summed E-state index contributed by atoms with van der Waals surface area (Å²) in [5.41, 5.74) is 5.71. The highest BCUT2D eigenvalue weighted by Gasteiger charge is 2.30. The molecule has 0 saturated heterocycles. The number of nitrogens with one attached hydrogen (secondary N) is 2. The minimum Gasteiger partial charge on any atom is -0.294 e. The smallest absolute Gasteiger partial charge is 0.221 e. The van der Waals surface area contributed by atoms with Gasteiger partial charge in [0.25, 0.3) is 0 Å².